The van der Waals surface area contributed by atoms with E-state index < -0.39 is 5.97 Å². The highest BCUT2D eigenvalue weighted by atomic mass is 16.4. The zero-order valence-corrected chi connectivity index (χ0v) is 11.1. The molecule has 3 aromatic rings. The molecule has 4 nitrogen and oxygen atoms in total. The summed E-state index contributed by atoms with van der Waals surface area (Å²) in [4.78, 5) is 11.2. The monoisotopic (exact) mass is 266 g/mol. The van der Waals surface area contributed by atoms with Crippen LogP contribution < -0.4 is 0 Å². The van der Waals surface area contributed by atoms with E-state index in [-0.39, 0.29) is 5.69 Å². The van der Waals surface area contributed by atoms with Gasteiger partial charge in [-0.05, 0) is 29.8 Å². The molecule has 0 saturated carbocycles. The van der Waals surface area contributed by atoms with E-state index in [4.69, 9.17) is 5.11 Å². The normalized spacial score (nSPS) is 10.8. The Balaban J connectivity index is 2.13. The number of fused-ring (bicyclic) bond motifs is 1. The summed E-state index contributed by atoms with van der Waals surface area (Å²) in [6.45, 7) is 2.42. The van der Waals surface area contributed by atoms with E-state index in [1.807, 2.05) is 49.4 Å². The van der Waals surface area contributed by atoms with Crippen LogP contribution in [-0.4, -0.2) is 20.9 Å². The van der Waals surface area contributed by atoms with Gasteiger partial charge in [0.2, 0.25) is 0 Å². The van der Waals surface area contributed by atoms with Crippen LogP contribution >= 0.6 is 0 Å². The zero-order chi connectivity index (χ0) is 14.1. The van der Waals surface area contributed by atoms with Gasteiger partial charge in [-0.3, -0.25) is 4.68 Å². The van der Waals surface area contributed by atoms with E-state index in [1.54, 1.807) is 6.07 Å². The average molecular weight is 266 g/mol. The molecule has 1 N–H and O–H groups in total. The minimum absolute atomic E-state index is 0.218. The van der Waals surface area contributed by atoms with E-state index in [1.165, 1.54) is 4.68 Å². The Labute approximate surface area is 116 Å². The lowest BCUT2D eigenvalue weighted by Gasteiger charge is -2.01. The highest BCUT2D eigenvalue weighted by Crippen LogP contribution is 2.24. The summed E-state index contributed by atoms with van der Waals surface area (Å²) in [7, 11) is 0. The lowest BCUT2D eigenvalue weighted by molar-refractivity contribution is 0.0683. The SMILES string of the molecule is CCn1nc(-c2ccc3ccccc3c2)cc1C(=O)O. The molecule has 1 heterocycles. The van der Waals surface area contributed by atoms with Gasteiger partial charge in [-0.2, -0.15) is 5.10 Å². The van der Waals surface area contributed by atoms with Gasteiger partial charge in [-0.25, -0.2) is 4.79 Å². The molecule has 1 aromatic heterocycles. The quantitative estimate of drug-likeness (QED) is 0.790. The molecule has 20 heavy (non-hydrogen) atoms. The van der Waals surface area contributed by atoms with Crippen molar-refractivity contribution in [3.8, 4) is 11.3 Å². The van der Waals surface area contributed by atoms with E-state index in [2.05, 4.69) is 5.10 Å². The van der Waals surface area contributed by atoms with E-state index >= 15 is 0 Å². The maximum atomic E-state index is 11.2. The molecular formula is C16H14N2O2. The molecule has 0 atom stereocenters. The fourth-order valence-corrected chi connectivity index (χ4v) is 2.32. The molecule has 2 aromatic carbocycles. The fourth-order valence-electron chi connectivity index (χ4n) is 2.32. The lowest BCUT2D eigenvalue weighted by atomic mass is 10.1. The van der Waals surface area contributed by atoms with Gasteiger partial charge >= 0.3 is 5.97 Å². The Hall–Kier alpha value is -2.62. The standard InChI is InChI=1S/C16H14N2O2/c1-2-18-15(16(19)20)10-14(17-18)13-8-7-11-5-3-4-6-12(11)9-13/h3-10H,2H2,1H3,(H,19,20). The summed E-state index contributed by atoms with van der Waals surface area (Å²) < 4.78 is 1.51. The largest absolute Gasteiger partial charge is 0.477 e. The van der Waals surface area contributed by atoms with Gasteiger partial charge in [-0.1, -0.05) is 36.4 Å². The number of aryl methyl sites for hydroxylation is 1. The van der Waals surface area contributed by atoms with Crippen LogP contribution in [0.3, 0.4) is 0 Å². The minimum Gasteiger partial charge on any atom is -0.477 e. The molecule has 0 radical (unpaired) electrons. The lowest BCUT2D eigenvalue weighted by Crippen LogP contribution is -2.07. The van der Waals surface area contributed by atoms with Crippen molar-refractivity contribution in [3.05, 3.63) is 54.2 Å². The molecule has 100 valence electrons. The van der Waals surface area contributed by atoms with Crippen molar-refractivity contribution in [3.63, 3.8) is 0 Å². The maximum absolute atomic E-state index is 11.2. The molecule has 0 bridgehead atoms. The van der Waals surface area contributed by atoms with E-state index in [0.717, 1.165) is 16.3 Å². The van der Waals surface area contributed by atoms with Crippen molar-refractivity contribution in [2.45, 2.75) is 13.5 Å². The third-order valence-corrected chi connectivity index (χ3v) is 3.34. The highest BCUT2D eigenvalue weighted by Gasteiger charge is 2.14. The molecule has 0 spiro atoms. The number of rotatable bonds is 3. The second-order valence-electron chi connectivity index (χ2n) is 4.60. The van der Waals surface area contributed by atoms with Gasteiger partial charge in [0, 0.05) is 12.1 Å². The highest BCUT2D eigenvalue weighted by molar-refractivity contribution is 5.89. The molecule has 0 aliphatic carbocycles. The van der Waals surface area contributed by atoms with Gasteiger partial charge < -0.3 is 5.11 Å². The molecule has 0 aliphatic heterocycles. The molecule has 3 rings (SSSR count). The van der Waals surface area contributed by atoms with Crippen LogP contribution in [0, 0.1) is 0 Å². The Morgan fingerprint density at radius 3 is 2.55 bits per heavy atom. The molecule has 4 heteroatoms. The first-order chi connectivity index (χ1) is 9.69. The maximum Gasteiger partial charge on any atom is 0.354 e. The Kier molecular flexibility index (Phi) is 2.99. The smallest absolute Gasteiger partial charge is 0.354 e. The summed E-state index contributed by atoms with van der Waals surface area (Å²) in [6.07, 6.45) is 0. The summed E-state index contributed by atoms with van der Waals surface area (Å²) >= 11 is 0. The van der Waals surface area contributed by atoms with Gasteiger partial charge in [0.25, 0.3) is 0 Å². The van der Waals surface area contributed by atoms with Gasteiger partial charge in [0.15, 0.2) is 0 Å². The number of aromatic carboxylic acids is 1. The fraction of sp³-hybridized carbons (Fsp3) is 0.125. The molecule has 0 aliphatic rings. The summed E-state index contributed by atoms with van der Waals surface area (Å²) in [5.41, 5.74) is 1.84. The Morgan fingerprint density at radius 2 is 1.90 bits per heavy atom. The molecule has 0 saturated heterocycles. The summed E-state index contributed by atoms with van der Waals surface area (Å²) in [5, 5.41) is 15.8. The minimum atomic E-state index is -0.952. The number of hydrogen-bond donors (Lipinski definition) is 1. The van der Waals surface area contributed by atoms with Crippen molar-refractivity contribution >= 4 is 16.7 Å². The third-order valence-electron chi connectivity index (χ3n) is 3.34. The van der Waals surface area contributed by atoms with Gasteiger partial charge in [0.1, 0.15) is 5.69 Å². The van der Waals surface area contributed by atoms with Crippen molar-refractivity contribution in [2.75, 3.05) is 0 Å². The number of benzene rings is 2. The summed E-state index contributed by atoms with van der Waals surface area (Å²) in [6, 6.07) is 15.7. The number of carboxylic acid groups (broad SMARTS) is 1. The first kappa shape index (κ1) is 12.4. The third kappa shape index (κ3) is 2.05. The van der Waals surface area contributed by atoms with Crippen LogP contribution in [0.25, 0.3) is 22.0 Å². The van der Waals surface area contributed by atoms with Crippen LogP contribution in [-0.2, 0) is 6.54 Å². The van der Waals surface area contributed by atoms with Crippen LogP contribution in [0.1, 0.15) is 17.4 Å². The predicted molar refractivity (Wildman–Crippen MR) is 77.8 cm³/mol. The van der Waals surface area contributed by atoms with Crippen molar-refractivity contribution in [2.24, 2.45) is 0 Å². The molecule has 0 amide bonds. The van der Waals surface area contributed by atoms with E-state index in [9.17, 15) is 4.79 Å². The first-order valence-corrected chi connectivity index (χ1v) is 6.49. The number of aromatic nitrogens is 2. The number of hydrogen-bond acceptors (Lipinski definition) is 2. The van der Waals surface area contributed by atoms with Crippen molar-refractivity contribution in [1.82, 2.24) is 9.78 Å². The van der Waals surface area contributed by atoms with Crippen LogP contribution in [0.4, 0.5) is 0 Å². The van der Waals surface area contributed by atoms with Crippen LogP contribution in [0.5, 0.6) is 0 Å². The van der Waals surface area contributed by atoms with Gasteiger partial charge in [-0.15, -0.1) is 0 Å². The topological polar surface area (TPSA) is 55.1 Å². The number of nitrogens with zero attached hydrogens (tertiary/aromatic N) is 2. The van der Waals surface area contributed by atoms with Crippen molar-refractivity contribution in [1.29, 1.82) is 0 Å². The molecule has 0 fully saturated rings. The predicted octanol–water partition coefficient (Wildman–Crippen LogP) is 3.42. The second-order valence-corrected chi connectivity index (χ2v) is 4.60. The van der Waals surface area contributed by atoms with Gasteiger partial charge in [0.05, 0.1) is 5.69 Å². The summed E-state index contributed by atoms with van der Waals surface area (Å²) in [5.74, 6) is -0.952. The zero-order valence-electron chi connectivity index (χ0n) is 11.1. The first-order valence-electron chi connectivity index (χ1n) is 6.49. The average Bonchev–Trinajstić information content (AvgIpc) is 2.91. The Morgan fingerprint density at radius 1 is 1.15 bits per heavy atom. The number of carbonyl (C=O) groups is 1. The van der Waals surface area contributed by atoms with Crippen LogP contribution in [0.2, 0.25) is 0 Å². The molecular weight excluding hydrogens is 252 g/mol. The second kappa shape index (κ2) is 4.81. The van der Waals surface area contributed by atoms with Crippen LogP contribution in [0.15, 0.2) is 48.5 Å². The van der Waals surface area contributed by atoms with E-state index in [0.29, 0.717) is 12.2 Å². The van der Waals surface area contributed by atoms with Crippen molar-refractivity contribution < 1.29 is 9.90 Å². The molecule has 0 unspecified atom stereocenters. The Bertz CT molecular complexity index is 790. The number of carboxylic acids is 1.